The van der Waals surface area contributed by atoms with E-state index in [0.717, 1.165) is 39.4 Å². The molecule has 1 aliphatic carbocycles. The van der Waals surface area contributed by atoms with Crippen LogP contribution in [0.4, 0.5) is 0 Å². The first-order valence-electron chi connectivity index (χ1n) is 8.36. The Bertz CT molecular complexity index is 967. The number of carbonyl (C=O) groups is 1. The van der Waals surface area contributed by atoms with Gasteiger partial charge < -0.3 is 5.11 Å². The van der Waals surface area contributed by atoms with Crippen molar-refractivity contribution in [3.05, 3.63) is 65.7 Å². The average molecular weight is 316 g/mol. The Morgan fingerprint density at radius 3 is 2.62 bits per heavy atom. The molecular weight excluding hydrogens is 296 g/mol. The number of hydrogen-bond donors (Lipinski definition) is 1. The van der Waals surface area contributed by atoms with Gasteiger partial charge in [0, 0.05) is 17.5 Å². The van der Waals surface area contributed by atoms with Crippen LogP contribution in [0.3, 0.4) is 0 Å². The number of aromatic hydroxyl groups is 1. The van der Waals surface area contributed by atoms with Crippen molar-refractivity contribution in [2.75, 3.05) is 0 Å². The second kappa shape index (κ2) is 5.20. The van der Waals surface area contributed by atoms with E-state index in [1.54, 1.807) is 6.07 Å². The predicted molar refractivity (Wildman–Crippen MR) is 97.6 cm³/mol. The predicted octanol–water partition coefficient (Wildman–Crippen LogP) is 5.47. The van der Waals surface area contributed by atoms with E-state index >= 15 is 0 Å². The van der Waals surface area contributed by atoms with Gasteiger partial charge in [0.1, 0.15) is 5.75 Å². The van der Waals surface area contributed by atoms with Crippen molar-refractivity contribution >= 4 is 16.6 Å². The third kappa shape index (κ3) is 2.22. The summed E-state index contributed by atoms with van der Waals surface area (Å²) in [5.74, 6) is 0.446. The third-order valence-electron chi connectivity index (χ3n) is 5.22. The van der Waals surface area contributed by atoms with Crippen molar-refractivity contribution in [3.63, 3.8) is 0 Å². The van der Waals surface area contributed by atoms with Crippen molar-refractivity contribution in [1.29, 1.82) is 0 Å². The summed E-state index contributed by atoms with van der Waals surface area (Å²) < 4.78 is 0. The molecule has 1 aliphatic rings. The lowest BCUT2D eigenvalue weighted by molar-refractivity contribution is 0.0957. The van der Waals surface area contributed by atoms with Crippen molar-refractivity contribution in [2.45, 2.75) is 32.1 Å². The van der Waals surface area contributed by atoms with Gasteiger partial charge >= 0.3 is 0 Å². The van der Waals surface area contributed by atoms with Gasteiger partial charge in [-0.25, -0.2) is 0 Å². The zero-order valence-corrected chi connectivity index (χ0v) is 14.0. The maximum atomic E-state index is 12.4. The number of fused-ring (bicyclic) bond motifs is 2. The van der Waals surface area contributed by atoms with Crippen LogP contribution in [0.5, 0.6) is 5.75 Å². The number of phenols is 1. The van der Waals surface area contributed by atoms with Crippen LogP contribution >= 0.6 is 0 Å². The number of ketones is 1. The largest absolute Gasteiger partial charge is 0.507 e. The van der Waals surface area contributed by atoms with Gasteiger partial charge in [-0.3, -0.25) is 4.79 Å². The molecule has 2 nitrogen and oxygen atoms in total. The SMILES string of the molecule is CC1(C)CCC(=O)c2cc(-c3c(O)ccc4ccccc34)ccc21. The van der Waals surface area contributed by atoms with Crippen molar-refractivity contribution < 1.29 is 9.90 Å². The molecule has 0 amide bonds. The highest BCUT2D eigenvalue weighted by Crippen LogP contribution is 2.41. The molecule has 0 aromatic heterocycles. The Labute approximate surface area is 141 Å². The molecule has 0 unspecified atom stereocenters. The van der Waals surface area contributed by atoms with E-state index in [4.69, 9.17) is 0 Å². The number of carbonyl (C=O) groups excluding carboxylic acids is 1. The normalized spacial score (nSPS) is 16.2. The van der Waals surface area contributed by atoms with Crippen LogP contribution in [0, 0.1) is 0 Å². The maximum Gasteiger partial charge on any atom is 0.163 e. The van der Waals surface area contributed by atoms with E-state index in [1.165, 1.54) is 0 Å². The fraction of sp³-hybridized carbons (Fsp3) is 0.227. The highest BCUT2D eigenvalue weighted by molar-refractivity contribution is 6.03. The zero-order chi connectivity index (χ0) is 16.9. The lowest BCUT2D eigenvalue weighted by Crippen LogP contribution is -2.27. The summed E-state index contributed by atoms with van der Waals surface area (Å²) in [5.41, 5.74) is 3.63. The van der Waals surface area contributed by atoms with Gasteiger partial charge in [-0.05, 0) is 45.9 Å². The van der Waals surface area contributed by atoms with Crippen LogP contribution in [0.25, 0.3) is 21.9 Å². The molecule has 0 bridgehead atoms. The highest BCUT2D eigenvalue weighted by Gasteiger charge is 2.31. The fourth-order valence-corrected chi connectivity index (χ4v) is 3.78. The quantitative estimate of drug-likeness (QED) is 0.646. The standard InChI is InChI=1S/C22H20O2/c1-22(2)12-11-19(23)17-13-15(7-9-18(17)22)21-16-6-4-3-5-14(16)8-10-20(21)24/h3-10,13,24H,11-12H2,1-2H3. The average Bonchev–Trinajstić information content (AvgIpc) is 2.58. The summed E-state index contributed by atoms with van der Waals surface area (Å²) in [5, 5.41) is 12.5. The first kappa shape index (κ1) is 14.9. The molecule has 0 fully saturated rings. The molecule has 24 heavy (non-hydrogen) atoms. The summed E-state index contributed by atoms with van der Waals surface area (Å²) >= 11 is 0. The summed E-state index contributed by atoms with van der Waals surface area (Å²) in [4.78, 5) is 12.4. The Balaban J connectivity index is 1.98. The van der Waals surface area contributed by atoms with Gasteiger partial charge in [-0.15, -0.1) is 0 Å². The van der Waals surface area contributed by atoms with Crippen LogP contribution < -0.4 is 0 Å². The maximum absolute atomic E-state index is 12.4. The number of benzene rings is 3. The Kier molecular flexibility index (Phi) is 3.24. The molecule has 0 radical (unpaired) electrons. The molecule has 3 aromatic carbocycles. The zero-order valence-electron chi connectivity index (χ0n) is 14.0. The first-order chi connectivity index (χ1) is 11.5. The highest BCUT2D eigenvalue weighted by atomic mass is 16.3. The summed E-state index contributed by atoms with van der Waals surface area (Å²) in [6, 6.07) is 17.7. The summed E-state index contributed by atoms with van der Waals surface area (Å²) in [6.07, 6.45) is 1.47. The smallest absolute Gasteiger partial charge is 0.163 e. The minimum atomic E-state index is 0.0164. The molecular formula is C22H20O2. The van der Waals surface area contributed by atoms with Gasteiger partial charge in [0.25, 0.3) is 0 Å². The van der Waals surface area contributed by atoms with Crippen LogP contribution in [-0.2, 0) is 5.41 Å². The molecule has 0 aliphatic heterocycles. The number of hydrogen-bond acceptors (Lipinski definition) is 2. The van der Waals surface area contributed by atoms with Crippen LogP contribution in [-0.4, -0.2) is 10.9 Å². The minimum absolute atomic E-state index is 0.0164. The second-order valence-corrected chi connectivity index (χ2v) is 7.25. The molecule has 2 heteroatoms. The van der Waals surface area contributed by atoms with E-state index in [1.807, 2.05) is 42.5 Å². The van der Waals surface area contributed by atoms with Gasteiger partial charge in [0.2, 0.25) is 0 Å². The van der Waals surface area contributed by atoms with E-state index < -0.39 is 0 Å². The third-order valence-corrected chi connectivity index (χ3v) is 5.22. The molecule has 3 aromatic rings. The topological polar surface area (TPSA) is 37.3 Å². The summed E-state index contributed by atoms with van der Waals surface area (Å²) in [7, 11) is 0. The van der Waals surface area contributed by atoms with E-state index in [9.17, 15) is 9.90 Å². The number of phenolic OH excluding ortho intramolecular Hbond substituents is 1. The van der Waals surface area contributed by atoms with E-state index in [0.29, 0.717) is 6.42 Å². The fourth-order valence-electron chi connectivity index (χ4n) is 3.78. The Morgan fingerprint density at radius 2 is 1.79 bits per heavy atom. The molecule has 120 valence electrons. The van der Waals surface area contributed by atoms with E-state index in [2.05, 4.69) is 19.9 Å². The second-order valence-electron chi connectivity index (χ2n) is 7.25. The molecule has 0 atom stereocenters. The van der Waals surface area contributed by atoms with Gasteiger partial charge in [0.05, 0.1) is 0 Å². The van der Waals surface area contributed by atoms with Gasteiger partial charge in [-0.1, -0.05) is 56.3 Å². The molecule has 4 rings (SSSR count). The number of Topliss-reactive ketones (excluding diaryl/α,β-unsaturated/α-hetero) is 1. The monoisotopic (exact) mass is 316 g/mol. The van der Waals surface area contributed by atoms with Gasteiger partial charge in [-0.2, -0.15) is 0 Å². The first-order valence-corrected chi connectivity index (χ1v) is 8.36. The van der Waals surface area contributed by atoms with Crippen molar-refractivity contribution in [2.24, 2.45) is 0 Å². The van der Waals surface area contributed by atoms with Crippen molar-refractivity contribution in [1.82, 2.24) is 0 Å². The van der Waals surface area contributed by atoms with E-state index in [-0.39, 0.29) is 16.9 Å². The molecule has 0 spiro atoms. The lowest BCUT2D eigenvalue weighted by atomic mass is 9.71. The Hall–Kier alpha value is -2.61. The molecule has 0 saturated heterocycles. The van der Waals surface area contributed by atoms with Crippen LogP contribution in [0.2, 0.25) is 0 Å². The molecule has 1 N–H and O–H groups in total. The van der Waals surface area contributed by atoms with Crippen molar-refractivity contribution in [3.8, 4) is 16.9 Å². The molecule has 0 saturated carbocycles. The lowest BCUT2D eigenvalue weighted by Gasteiger charge is -2.32. The van der Waals surface area contributed by atoms with Crippen LogP contribution in [0.1, 0.15) is 42.6 Å². The molecule has 0 heterocycles. The Morgan fingerprint density at radius 1 is 1.00 bits per heavy atom. The summed E-state index contributed by atoms with van der Waals surface area (Å²) in [6.45, 7) is 4.38. The minimum Gasteiger partial charge on any atom is -0.507 e. The van der Waals surface area contributed by atoms with Gasteiger partial charge in [0.15, 0.2) is 5.78 Å². The van der Waals surface area contributed by atoms with Crippen LogP contribution in [0.15, 0.2) is 54.6 Å². The number of rotatable bonds is 1.